The molecule has 148 valence electrons. The van der Waals surface area contributed by atoms with E-state index in [4.69, 9.17) is 14.2 Å². The van der Waals surface area contributed by atoms with E-state index in [0.717, 1.165) is 5.56 Å². The fourth-order valence-corrected chi connectivity index (χ4v) is 2.54. The molecule has 0 aromatic heterocycles. The third-order valence-electron chi connectivity index (χ3n) is 3.92. The fraction of sp³-hybridized carbons (Fsp3) is 0.263. The number of amides is 1. The van der Waals surface area contributed by atoms with Crippen LogP contribution in [0.5, 0.6) is 17.2 Å². The summed E-state index contributed by atoms with van der Waals surface area (Å²) in [7, 11) is 0. The first-order chi connectivity index (χ1) is 13.4. The first-order valence-electron chi connectivity index (χ1n) is 8.33. The van der Waals surface area contributed by atoms with Gasteiger partial charge in [0.05, 0.1) is 11.6 Å². The van der Waals surface area contributed by atoms with Crippen LogP contribution in [-0.2, 0) is 9.53 Å². The molecule has 0 bridgehead atoms. The first-order valence-corrected chi connectivity index (χ1v) is 8.33. The predicted molar refractivity (Wildman–Crippen MR) is 92.5 cm³/mol. The van der Waals surface area contributed by atoms with E-state index in [9.17, 15) is 18.4 Å². The zero-order valence-corrected chi connectivity index (χ0v) is 14.8. The lowest BCUT2D eigenvalue weighted by Crippen LogP contribution is -2.31. The molecule has 28 heavy (non-hydrogen) atoms. The Morgan fingerprint density at radius 2 is 1.82 bits per heavy atom. The van der Waals surface area contributed by atoms with Crippen molar-refractivity contribution in [3.05, 3.63) is 53.6 Å². The number of alkyl halides is 2. The van der Waals surface area contributed by atoms with Gasteiger partial charge in [-0.05, 0) is 48.9 Å². The van der Waals surface area contributed by atoms with Gasteiger partial charge in [0.25, 0.3) is 5.91 Å². The molecule has 0 aliphatic carbocycles. The average Bonchev–Trinajstić information content (AvgIpc) is 3.14. The lowest BCUT2D eigenvalue weighted by Gasteiger charge is -2.15. The molecule has 9 heteroatoms. The van der Waals surface area contributed by atoms with Gasteiger partial charge in [-0.25, -0.2) is 4.79 Å². The molecule has 0 fully saturated rings. The van der Waals surface area contributed by atoms with E-state index in [2.05, 4.69) is 10.1 Å². The van der Waals surface area contributed by atoms with Crippen LogP contribution in [0, 0.1) is 0 Å². The van der Waals surface area contributed by atoms with E-state index in [0.29, 0.717) is 11.5 Å². The van der Waals surface area contributed by atoms with Crippen molar-refractivity contribution in [1.29, 1.82) is 0 Å². The van der Waals surface area contributed by atoms with E-state index in [1.807, 2.05) is 0 Å². The van der Waals surface area contributed by atoms with E-state index in [-0.39, 0.29) is 24.1 Å². The second-order valence-electron chi connectivity index (χ2n) is 5.88. The van der Waals surface area contributed by atoms with Crippen molar-refractivity contribution < 1.29 is 37.3 Å². The molecule has 0 saturated heterocycles. The third kappa shape index (κ3) is 4.87. The number of fused-ring (bicyclic) bond motifs is 1. The molecule has 0 saturated carbocycles. The van der Waals surface area contributed by atoms with Gasteiger partial charge in [-0.15, -0.1) is 0 Å². The summed E-state index contributed by atoms with van der Waals surface area (Å²) in [6.07, 6.45) is 0. The topological polar surface area (TPSA) is 83.1 Å². The molecule has 1 atom stereocenters. The minimum absolute atomic E-state index is 0.0816. The maximum absolute atomic E-state index is 12.1. The van der Waals surface area contributed by atoms with Crippen molar-refractivity contribution in [1.82, 2.24) is 5.32 Å². The van der Waals surface area contributed by atoms with Crippen LogP contribution in [0.3, 0.4) is 0 Å². The quantitative estimate of drug-likeness (QED) is 0.728. The number of hydrogen-bond acceptors (Lipinski definition) is 6. The Bertz CT molecular complexity index is 856. The van der Waals surface area contributed by atoms with Gasteiger partial charge < -0.3 is 24.3 Å². The van der Waals surface area contributed by atoms with Crippen LogP contribution >= 0.6 is 0 Å². The van der Waals surface area contributed by atoms with Gasteiger partial charge in [-0.1, -0.05) is 6.07 Å². The average molecular weight is 393 g/mol. The number of benzene rings is 2. The number of esters is 1. The van der Waals surface area contributed by atoms with Crippen molar-refractivity contribution in [2.24, 2.45) is 0 Å². The van der Waals surface area contributed by atoms with Gasteiger partial charge in [-0.3, -0.25) is 4.79 Å². The van der Waals surface area contributed by atoms with Crippen LogP contribution in [0.4, 0.5) is 8.78 Å². The third-order valence-corrected chi connectivity index (χ3v) is 3.92. The molecule has 3 rings (SSSR count). The summed E-state index contributed by atoms with van der Waals surface area (Å²) in [5.74, 6) is -0.0852. The second-order valence-corrected chi connectivity index (χ2v) is 5.88. The van der Waals surface area contributed by atoms with Gasteiger partial charge in [0.15, 0.2) is 18.1 Å². The highest BCUT2D eigenvalue weighted by Crippen LogP contribution is 2.34. The largest absolute Gasteiger partial charge is 0.454 e. The van der Waals surface area contributed by atoms with Gasteiger partial charge in [0.1, 0.15) is 5.75 Å². The number of ether oxygens (including phenoxy) is 4. The maximum atomic E-state index is 12.1. The molecule has 7 nitrogen and oxygen atoms in total. The van der Waals surface area contributed by atoms with Crippen molar-refractivity contribution in [3.63, 3.8) is 0 Å². The zero-order valence-electron chi connectivity index (χ0n) is 14.8. The summed E-state index contributed by atoms with van der Waals surface area (Å²) in [4.78, 5) is 24.0. The summed E-state index contributed by atoms with van der Waals surface area (Å²) >= 11 is 0. The van der Waals surface area contributed by atoms with Gasteiger partial charge in [-0.2, -0.15) is 8.78 Å². The molecule has 0 spiro atoms. The number of halogens is 2. The Labute approximate surface area is 159 Å². The molecule has 2 aromatic rings. The molecular formula is C19H17F2NO6. The Morgan fingerprint density at radius 1 is 1.11 bits per heavy atom. The number of hydrogen-bond donors (Lipinski definition) is 1. The normalized spacial score (nSPS) is 13.1. The summed E-state index contributed by atoms with van der Waals surface area (Å²) in [6, 6.07) is 9.94. The standard InChI is InChI=1S/C19H17F2NO6/c1-11(13-4-7-15-16(8-13)27-10-26-15)22-17(23)9-25-18(24)12-2-5-14(6-3-12)28-19(20)21/h2-8,11,19H,9-10H2,1H3,(H,22,23)/t11-/m0/s1. The van der Waals surface area contributed by atoms with Crippen molar-refractivity contribution in [3.8, 4) is 17.2 Å². The minimum Gasteiger partial charge on any atom is -0.454 e. The Balaban J connectivity index is 1.48. The Morgan fingerprint density at radius 3 is 2.54 bits per heavy atom. The van der Waals surface area contributed by atoms with E-state index < -0.39 is 25.1 Å². The number of nitrogens with one attached hydrogen (secondary N) is 1. The van der Waals surface area contributed by atoms with Crippen molar-refractivity contribution in [2.45, 2.75) is 19.6 Å². The monoisotopic (exact) mass is 393 g/mol. The Hall–Kier alpha value is -3.36. The molecule has 1 amide bonds. The lowest BCUT2D eigenvalue weighted by molar-refractivity contribution is -0.124. The molecule has 1 aliphatic heterocycles. The van der Waals surface area contributed by atoms with E-state index >= 15 is 0 Å². The molecular weight excluding hydrogens is 376 g/mol. The second kappa shape index (κ2) is 8.55. The van der Waals surface area contributed by atoms with Crippen LogP contribution in [-0.4, -0.2) is 31.9 Å². The van der Waals surface area contributed by atoms with Crippen LogP contribution in [0.15, 0.2) is 42.5 Å². The SMILES string of the molecule is C[C@H](NC(=O)COC(=O)c1ccc(OC(F)F)cc1)c1ccc2c(c1)OCO2. The van der Waals surface area contributed by atoms with Crippen LogP contribution in [0.25, 0.3) is 0 Å². The van der Waals surface area contributed by atoms with E-state index in [1.165, 1.54) is 24.3 Å². The molecule has 1 heterocycles. The summed E-state index contributed by atoms with van der Waals surface area (Å²) < 4.78 is 43.9. The van der Waals surface area contributed by atoms with Gasteiger partial charge >= 0.3 is 12.6 Å². The van der Waals surface area contributed by atoms with Crippen LogP contribution in [0.1, 0.15) is 28.9 Å². The molecule has 2 aromatic carbocycles. The highest BCUT2D eigenvalue weighted by Gasteiger charge is 2.18. The van der Waals surface area contributed by atoms with Crippen molar-refractivity contribution >= 4 is 11.9 Å². The van der Waals surface area contributed by atoms with Crippen LogP contribution in [0.2, 0.25) is 0 Å². The number of rotatable bonds is 7. The van der Waals surface area contributed by atoms with Gasteiger partial charge in [0, 0.05) is 0 Å². The lowest BCUT2D eigenvalue weighted by atomic mass is 10.1. The maximum Gasteiger partial charge on any atom is 0.387 e. The smallest absolute Gasteiger partial charge is 0.387 e. The summed E-state index contributed by atoms with van der Waals surface area (Å²) in [5, 5.41) is 2.71. The summed E-state index contributed by atoms with van der Waals surface area (Å²) in [5.41, 5.74) is 0.914. The highest BCUT2D eigenvalue weighted by molar-refractivity contribution is 5.91. The summed E-state index contributed by atoms with van der Waals surface area (Å²) in [6.45, 7) is -1.50. The molecule has 0 unspecified atom stereocenters. The number of carbonyl (C=O) groups is 2. The molecule has 0 radical (unpaired) electrons. The molecule has 1 N–H and O–H groups in total. The highest BCUT2D eigenvalue weighted by atomic mass is 19.3. The first kappa shape index (κ1) is 19.4. The number of carbonyl (C=O) groups excluding carboxylic acids is 2. The van der Waals surface area contributed by atoms with E-state index in [1.54, 1.807) is 25.1 Å². The fourth-order valence-electron chi connectivity index (χ4n) is 2.54. The van der Waals surface area contributed by atoms with Crippen LogP contribution < -0.4 is 19.5 Å². The minimum atomic E-state index is -2.95. The van der Waals surface area contributed by atoms with Gasteiger partial charge in [0.2, 0.25) is 6.79 Å². The molecule has 1 aliphatic rings. The zero-order chi connectivity index (χ0) is 20.1. The Kier molecular flexibility index (Phi) is 5.93. The predicted octanol–water partition coefficient (Wildman–Crippen LogP) is 3.05. The van der Waals surface area contributed by atoms with Crippen molar-refractivity contribution in [2.75, 3.05) is 13.4 Å².